The molecular formula is C20H34O6. The number of aliphatic carboxylic acids is 1. The molecule has 5 atom stereocenters. The Hall–Kier alpha value is -1.21. The van der Waals surface area contributed by atoms with Crippen molar-refractivity contribution in [1.82, 2.24) is 0 Å². The Morgan fingerprint density at radius 1 is 1.23 bits per heavy atom. The van der Waals surface area contributed by atoms with Gasteiger partial charge in [0, 0.05) is 12.8 Å². The van der Waals surface area contributed by atoms with E-state index >= 15 is 0 Å². The number of ether oxygens (including phenoxy) is 1. The highest BCUT2D eigenvalue weighted by atomic mass is 16.5. The van der Waals surface area contributed by atoms with Gasteiger partial charge in [-0.15, -0.1) is 0 Å². The molecule has 0 aliphatic carbocycles. The molecule has 0 bridgehead atoms. The van der Waals surface area contributed by atoms with Crippen molar-refractivity contribution in [1.29, 1.82) is 0 Å². The lowest BCUT2D eigenvalue weighted by Crippen LogP contribution is -2.25. The van der Waals surface area contributed by atoms with E-state index < -0.39 is 36.5 Å². The van der Waals surface area contributed by atoms with E-state index in [1.54, 1.807) is 6.08 Å². The minimum absolute atomic E-state index is 0.0215. The number of carboxylic acid groups (broad SMARTS) is 1. The maximum Gasteiger partial charge on any atom is 0.303 e. The molecule has 0 aromatic carbocycles. The monoisotopic (exact) mass is 370 g/mol. The van der Waals surface area contributed by atoms with Crippen molar-refractivity contribution in [2.24, 2.45) is 0 Å². The number of carbonyl (C=O) groups is 1. The lowest BCUT2D eigenvalue weighted by Gasteiger charge is -2.16. The van der Waals surface area contributed by atoms with E-state index in [9.17, 15) is 20.1 Å². The van der Waals surface area contributed by atoms with Crippen LogP contribution in [0.1, 0.15) is 64.7 Å². The highest BCUT2D eigenvalue weighted by Gasteiger charge is 2.35. The average Bonchev–Trinajstić information content (AvgIpc) is 2.96. The van der Waals surface area contributed by atoms with Crippen molar-refractivity contribution in [3.63, 3.8) is 0 Å². The van der Waals surface area contributed by atoms with E-state index in [0.717, 1.165) is 12.8 Å². The van der Waals surface area contributed by atoms with E-state index in [2.05, 4.69) is 13.0 Å². The van der Waals surface area contributed by atoms with Crippen LogP contribution >= 0.6 is 0 Å². The first-order chi connectivity index (χ1) is 12.4. The third-order valence-corrected chi connectivity index (χ3v) is 4.55. The van der Waals surface area contributed by atoms with Crippen LogP contribution in [0.25, 0.3) is 0 Å². The van der Waals surface area contributed by atoms with E-state index in [4.69, 9.17) is 9.84 Å². The predicted octanol–water partition coefficient (Wildman–Crippen LogP) is 2.56. The molecule has 0 saturated carbocycles. The summed E-state index contributed by atoms with van der Waals surface area (Å²) in [5, 5.41) is 38.7. The molecule has 1 fully saturated rings. The number of unbranched alkanes of at least 4 members (excludes halogenated alkanes) is 3. The van der Waals surface area contributed by atoms with Crippen LogP contribution in [-0.4, -0.2) is 56.9 Å². The van der Waals surface area contributed by atoms with Gasteiger partial charge in [-0.25, -0.2) is 0 Å². The summed E-state index contributed by atoms with van der Waals surface area (Å²) in [6, 6.07) is 0. The third kappa shape index (κ3) is 9.48. The Balaban J connectivity index is 2.32. The molecule has 0 aromatic rings. The first-order valence-corrected chi connectivity index (χ1v) is 9.68. The maximum atomic E-state index is 10.5. The summed E-state index contributed by atoms with van der Waals surface area (Å²) in [4.78, 5) is 10.5. The molecule has 150 valence electrons. The zero-order valence-electron chi connectivity index (χ0n) is 15.7. The van der Waals surface area contributed by atoms with Crippen molar-refractivity contribution in [3.05, 3.63) is 24.3 Å². The van der Waals surface area contributed by atoms with E-state index in [-0.39, 0.29) is 6.42 Å². The topological polar surface area (TPSA) is 107 Å². The van der Waals surface area contributed by atoms with Crippen LogP contribution in [0.15, 0.2) is 24.3 Å². The molecule has 6 heteroatoms. The van der Waals surface area contributed by atoms with Gasteiger partial charge in [-0.2, -0.15) is 0 Å². The van der Waals surface area contributed by atoms with Crippen LogP contribution < -0.4 is 0 Å². The molecule has 1 saturated heterocycles. The van der Waals surface area contributed by atoms with Crippen molar-refractivity contribution < 1.29 is 30.0 Å². The summed E-state index contributed by atoms with van der Waals surface area (Å²) in [7, 11) is 0. The minimum Gasteiger partial charge on any atom is -0.481 e. The zero-order valence-corrected chi connectivity index (χ0v) is 15.7. The summed E-state index contributed by atoms with van der Waals surface area (Å²) in [5.41, 5.74) is 0. The largest absolute Gasteiger partial charge is 0.481 e. The van der Waals surface area contributed by atoms with Gasteiger partial charge in [0.25, 0.3) is 0 Å². The van der Waals surface area contributed by atoms with Gasteiger partial charge in [-0.1, -0.05) is 44.1 Å². The van der Waals surface area contributed by atoms with Gasteiger partial charge in [-0.05, 0) is 32.1 Å². The Labute approximate surface area is 156 Å². The van der Waals surface area contributed by atoms with Crippen LogP contribution in [0.4, 0.5) is 0 Å². The Kier molecular flexibility index (Phi) is 11.4. The molecule has 0 unspecified atom stereocenters. The molecule has 0 amide bonds. The molecule has 4 N–H and O–H groups in total. The van der Waals surface area contributed by atoms with Crippen LogP contribution in [0.3, 0.4) is 0 Å². The van der Waals surface area contributed by atoms with Gasteiger partial charge in [0.05, 0.1) is 24.4 Å². The second kappa shape index (κ2) is 13.0. The van der Waals surface area contributed by atoms with Gasteiger partial charge in [-0.3, -0.25) is 4.79 Å². The summed E-state index contributed by atoms with van der Waals surface area (Å²) in [6.07, 6.45) is 10.2. The Morgan fingerprint density at radius 3 is 2.69 bits per heavy atom. The van der Waals surface area contributed by atoms with Crippen LogP contribution in [0, 0.1) is 0 Å². The summed E-state index contributed by atoms with van der Waals surface area (Å²) < 4.78 is 5.70. The van der Waals surface area contributed by atoms with Crippen molar-refractivity contribution in [2.75, 3.05) is 0 Å². The number of carboxylic acids is 1. The van der Waals surface area contributed by atoms with Gasteiger partial charge < -0.3 is 25.2 Å². The molecule has 1 heterocycles. The van der Waals surface area contributed by atoms with Crippen LogP contribution in [-0.2, 0) is 9.53 Å². The zero-order chi connectivity index (χ0) is 19.4. The summed E-state index contributed by atoms with van der Waals surface area (Å²) in [5.74, 6) is -0.882. The summed E-state index contributed by atoms with van der Waals surface area (Å²) >= 11 is 0. The fourth-order valence-corrected chi connectivity index (χ4v) is 2.96. The molecular weight excluding hydrogens is 336 g/mol. The van der Waals surface area contributed by atoms with E-state index in [1.165, 1.54) is 18.9 Å². The quantitative estimate of drug-likeness (QED) is 0.293. The Bertz CT molecular complexity index is 448. The van der Waals surface area contributed by atoms with Crippen LogP contribution in [0.5, 0.6) is 0 Å². The molecule has 1 aliphatic rings. The van der Waals surface area contributed by atoms with Gasteiger partial charge in [0.1, 0.15) is 6.10 Å². The lowest BCUT2D eigenvalue weighted by molar-refractivity contribution is -0.137. The van der Waals surface area contributed by atoms with Crippen LogP contribution in [0.2, 0.25) is 0 Å². The van der Waals surface area contributed by atoms with E-state index in [0.29, 0.717) is 25.7 Å². The van der Waals surface area contributed by atoms with E-state index in [1.807, 2.05) is 6.08 Å². The van der Waals surface area contributed by atoms with Crippen molar-refractivity contribution in [3.8, 4) is 0 Å². The van der Waals surface area contributed by atoms with Gasteiger partial charge in [0.2, 0.25) is 0 Å². The SMILES string of the molecule is CCCCC/C=C\C[C@H](O)[C@H]1C[C@@H](O)[C@H](/C=C/[C@H](O)CCCC(=O)O)O1. The predicted molar refractivity (Wildman–Crippen MR) is 99.8 cm³/mol. The molecule has 0 radical (unpaired) electrons. The fraction of sp³-hybridized carbons (Fsp3) is 0.750. The van der Waals surface area contributed by atoms with Gasteiger partial charge >= 0.3 is 5.97 Å². The van der Waals surface area contributed by atoms with Crippen molar-refractivity contribution >= 4 is 5.97 Å². The molecule has 1 aliphatic heterocycles. The second-order valence-corrected chi connectivity index (χ2v) is 6.95. The number of hydrogen-bond acceptors (Lipinski definition) is 5. The average molecular weight is 370 g/mol. The number of aliphatic hydroxyl groups excluding tert-OH is 3. The standard InChI is InChI=1S/C20H34O6/c1-2-3-4-5-6-7-10-16(22)19-14-17(23)18(26-19)13-12-15(21)9-8-11-20(24)25/h6-7,12-13,15-19,21-23H,2-5,8-11,14H2,1H3,(H,24,25)/b7-6-,13-12+/t15-,16+,17-,18+,19-/m1/s1. The molecule has 1 rings (SSSR count). The minimum atomic E-state index is -0.882. The number of allylic oxidation sites excluding steroid dienone is 1. The molecule has 6 nitrogen and oxygen atoms in total. The number of aliphatic hydroxyl groups is 3. The molecule has 26 heavy (non-hydrogen) atoms. The van der Waals surface area contributed by atoms with Gasteiger partial charge in [0.15, 0.2) is 0 Å². The Morgan fingerprint density at radius 2 is 2.00 bits per heavy atom. The third-order valence-electron chi connectivity index (χ3n) is 4.55. The normalized spacial score (nSPS) is 25.9. The highest BCUT2D eigenvalue weighted by Crippen LogP contribution is 2.25. The fourth-order valence-electron chi connectivity index (χ4n) is 2.96. The lowest BCUT2D eigenvalue weighted by atomic mass is 10.0. The first kappa shape index (κ1) is 22.8. The maximum absolute atomic E-state index is 10.5. The van der Waals surface area contributed by atoms with Crippen molar-refractivity contribution in [2.45, 2.75) is 95.2 Å². The number of hydrogen-bond donors (Lipinski definition) is 4. The highest BCUT2D eigenvalue weighted by molar-refractivity contribution is 5.66. The smallest absolute Gasteiger partial charge is 0.303 e. The second-order valence-electron chi connectivity index (χ2n) is 6.95. The molecule has 0 spiro atoms. The number of rotatable bonds is 13. The summed E-state index contributed by atoms with van der Waals surface area (Å²) in [6.45, 7) is 2.16. The molecule has 0 aromatic heterocycles. The first-order valence-electron chi connectivity index (χ1n) is 9.68.